The van der Waals surface area contributed by atoms with Gasteiger partial charge in [-0.3, -0.25) is 0 Å². The van der Waals surface area contributed by atoms with Crippen molar-refractivity contribution in [3.8, 4) is 5.75 Å². The van der Waals surface area contributed by atoms with Gasteiger partial charge >= 0.3 is 0 Å². The molecule has 0 fully saturated rings. The molecule has 0 bridgehead atoms. The topological polar surface area (TPSA) is 9.23 Å². The van der Waals surface area contributed by atoms with E-state index in [1.54, 1.807) is 7.11 Å². The van der Waals surface area contributed by atoms with Gasteiger partial charge in [-0.1, -0.05) is 64.3 Å². The van der Waals surface area contributed by atoms with E-state index in [2.05, 4.69) is 59.1 Å². The fourth-order valence-corrected chi connectivity index (χ4v) is 5.52. The number of hydrogen-bond acceptors (Lipinski definition) is 1. The van der Waals surface area contributed by atoms with Gasteiger partial charge in [0.1, 0.15) is 5.75 Å². The summed E-state index contributed by atoms with van der Waals surface area (Å²) in [4.78, 5) is 0. The van der Waals surface area contributed by atoms with Gasteiger partial charge in [0.05, 0.1) is 15.9 Å². The van der Waals surface area contributed by atoms with Gasteiger partial charge in [-0.05, 0) is 16.2 Å². The Morgan fingerprint density at radius 3 is 2.00 bits per heavy atom. The van der Waals surface area contributed by atoms with E-state index in [9.17, 15) is 0 Å². The number of rotatable bonds is 3. The minimum absolute atomic E-state index is 0.0785. The van der Waals surface area contributed by atoms with E-state index in [0.717, 1.165) is 5.75 Å². The summed E-state index contributed by atoms with van der Waals surface area (Å²) in [5.41, 5.74) is 1.43. The third-order valence-corrected chi connectivity index (χ3v) is 7.07. The molecule has 4 heteroatoms. The lowest BCUT2D eigenvalue weighted by atomic mass is 9.86. The number of benzene rings is 1. The highest BCUT2D eigenvalue weighted by atomic mass is 35.6. The molecule has 1 radical (unpaired) electrons. The number of methoxy groups -OCH3 is 1. The van der Waals surface area contributed by atoms with Crippen molar-refractivity contribution in [1.82, 2.24) is 0 Å². The van der Waals surface area contributed by atoms with Gasteiger partial charge in [0.25, 0.3) is 0 Å². The molecule has 0 unspecified atom stereocenters. The van der Waals surface area contributed by atoms with Crippen molar-refractivity contribution in [2.75, 3.05) is 7.11 Å². The molecule has 1 aromatic rings. The molecule has 0 aliphatic heterocycles. The van der Waals surface area contributed by atoms with Crippen molar-refractivity contribution in [2.45, 2.75) is 52.4 Å². The maximum absolute atomic E-state index is 6.66. The maximum Gasteiger partial charge on any atom is 0.185 e. The summed E-state index contributed by atoms with van der Waals surface area (Å²) in [5, 5.41) is 2.68. The minimum atomic E-state index is -1.91. The predicted octanol–water partition coefficient (Wildman–Crippen LogP) is 3.61. The Balaban J connectivity index is 3.70. The third kappa shape index (κ3) is 3.64. The molecule has 1 aromatic carbocycles. The highest BCUT2D eigenvalue weighted by Gasteiger charge is 2.32. The van der Waals surface area contributed by atoms with Crippen LogP contribution in [0, 0.1) is 0 Å². The van der Waals surface area contributed by atoms with Crippen LogP contribution in [0.25, 0.3) is 0 Å². The van der Waals surface area contributed by atoms with Crippen molar-refractivity contribution in [2.24, 2.45) is 0 Å². The largest absolute Gasteiger partial charge is 0.497 e. The van der Waals surface area contributed by atoms with E-state index in [-0.39, 0.29) is 5.41 Å². The molecule has 0 atom stereocenters. The predicted molar refractivity (Wildman–Crippen MR) is 91.8 cm³/mol. The van der Waals surface area contributed by atoms with Crippen LogP contribution >= 0.6 is 11.1 Å². The van der Waals surface area contributed by atoms with Gasteiger partial charge in [0, 0.05) is 0 Å². The quantitative estimate of drug-likeness (QED) is 0.612. The average Bonchev–Trinajstić information content (AvgIpc) is 2.24. The standard InChI is InChI=1S/C15H26ClOSi2/c1-15(2,3)13-11(18(5)6)9-10-12(14(13)17-4)19(7,8)16/h9-10H,1-8H3. The van der Waals surface area contributed by atoms with Gasteiger partial charge < -0.3 is 4.74 Å². The van der Waals surface area contributed by atoms with Crippen LogP contribution in [0.4, 0.5) is 0 Å². The molecule has 0 N–H and O–H groups in total. The molecule has 1 nitrogen and oxygen atoms in total. The van der Waals surface area contributed by atoms with Crippen LogP contribution in [0.2, 0.25) is 26.2 Å². The van der Waals surface area contributed by atoms with E-state index in [1.165, 1.54) is 15.9 Å². The second kappa shape index (κ2) is 5.62. The molecule has 0 aliphatic carbocycles. The van der Waals surface area contributed by atoms with E-state index in [0.29, 0.717) is 0 Å². The van der Waals surface area contributed by atoms with Gasteiger partial charge in [-0.25, -0.2) is 0 Å². The van der Waals surface area contributed by atoms with E-state index in [1.807, 2.05) is 0 Å². The second-order valence-electron chi connectivity index (χ2n) is 6.79. The first-order chi connectivity index (χ1) is 8.50. The van der Waals surface area contributed by atoms with Crippen molar-refractivity contribution >= 4 is 37.6 Å². The molecule has 0 amide bonds. The summed E-state index contributed by atoms with van der Waals surface area (Å²) >= 11 is 6.66. The zero-order valence-electron chi connectivity index (χ0n) is 13.4. The molecular formula is C15H26ClOSi2. The van der Waals surface area contributed by atoms with Gasteiger partial charge in [0.2, 0.25) is 0 Å². The fraction of sp³-hybridized carbons (Fsp3) is 0.600. The molecule has 19 heavy (non-hydrogen) atoms. The van der Waals surface area contributed by atoms with Crippen LogP contribution in [0.5, 0.6) is 5.75 Å². The highest BCUT2D eigenvalue weighted by molar-refractivity contribution is 7.26. The Labute approximate surface area is 125 Å². The summed E-state index contributed by atoms with van der Waals surface area (Å²) in [6.07, 6.45) is 0. The van der Waals surface area contributed by atoms with Gasteiger partial charge in [-0.15, -0.1) is 0 Å². The Bertz CT molecular complexity index is 456. The molecule has 0 heterocycles. The molecule has 0 aromatic heterocycles. The molecule has 107 valence electrons. The first kappa shape index (κ1) is 16.8. The van der Waals surface area contributed by atoms with Gasteiger partial charge in [0.15, 0.2) is 7.38 Å². The SMILES string of the molecule is COc1c([Si](C)(C)Cl)ccc([Si](C)C)c1C(C)(C)C. The van der Waals surface area contributed by atoms with Crippen LogP contribution in [0.3, 0.4) is 0 Å². The van der Waals surface area contributed by atoms with Crippen LogP contribution in [0.1, 0.15) is 26.3 Å². The summed E-state index contributed by atoms with van der Waals surface area (Å²) in [6.45, 7) is 15.7. The van der Waals surface area contributed by atoms with Crippen molar-refractivity contribution in [1.29, 1.82) is 0 Å². The second-order valence-corrected chi connectivity index (χ2v) is 15.6. The fourth-order valence-electron chi connectivity index (χ4n) is 2.42. The van der Waals surface area contributed by atoms with Crippen molar-refractivity contribution in [3.63, 3.8) is 0 Å². The molecular weight excluding hydrogens is 288 g/mol. The van der Waals surface area contributed by atoms with Crippen LogP contribution in [-0.4, -0.2) is 23.3 Å². The van der Waals surface area contributed by atoms with E-state index in [4.69, 9.17) is 15.8 Å². The smallest absolute Gasteiger partial charge is 0.185 e. The summed E-state index contributed by atoms with van der Waals surface area (Å²) in [5.74, 6) is 1.03. The van der Waals surface area contributed by atoms with Crippen LogP contribution in [-0.2, 0) is 5.41 Å². The molecule has 0 aliphatic rings. The maximum atomic E-state index is 6.66. The van der Waals surface area contributed by atoms with E-state index < -0.39 is 16.2 Å². The van der Waals surface area contributed by atoms with Crippen molar-refractivity contribution < 1.29 is 4.74 Å². The van der Waals surface area contributed by atoms with Crippen LogP contribution in [0.15, 0.2) is 12.1 Å². The molecule has 1 rings (SSSR count). The molecule has 0 saturated heterocycles. The average molecular weight is 314 g/mol. The number of hydrogen-bond donors (Lipinski definition) is 0. The molecule has 0 saturated carbocycles. The van der Waals surface area contributed by atoms with E-state index >= 15 is 0 Å². The zero-order chi connectivity index (χ0) is 15.0. The molecule has 0 spiro atoms. The Morgan fingerprint density at radius 2 is 1.68 bits per heavy atom. The highest BCUT2D eigenvalue weighted by Crippen LogP contribution is 2.31. The lowest BCUT2D eigenvalue weighted by molar-refractivity contribution is 0.402. The number of ether oxygens (including phenoxy) is 1. The normalized spacial score (nSPS) is 12.9. The Morgan fingerprint density at radius 1 is 1.16 bits per heavy atom. The zero-order valence-corrected chi connectivity index (χ0v) is 16.2. The summed E-state index contributed by atoms with van der Waals surface area (Å²) in [7, 11) is -0.663. The Kier molecular flexibility index (Phi) is 4.97. The first-order valence-electron chi connectivity index (χ1n) is 6.71. The van der Waals surface area contributed by atoms with Gasteiger partial charge in [-0.2, -0.15) is 11.1 Å². The Hall–Kier alpha value is -0.256. The summed E-state index contributed by atoms with van der Waals surface area (Å²) < 4.78 is 5.79. The lowest BCUT2D eigenvalue weighted by Crippen LogP contribution is -2.42. The minimum Gasteiger partial charge on any atom is -0.497 e. The third-order valence-electron chi connectivity index (χ3n) is 3.29. The van der Waals surface area contributed by atoms with Crippen LogP contribution < -0.4 is 15.1 Å². The lowest BCUT2D eigenvalue weighted by Gasteiger charge is -2.30. The monoisotopic (exact) mass is 313 g/mol. The van der Waals surface area contributed by atoms with Crippen molar-refractivity contribution in [3.05, 3.63) is 17.7 Å². The first-order valence-corrected chi connectivity index (χ1v) is 13.2. The number of halogens is 1. The summed E-state index contributed by atoms with van der Waals surface area (Å²) in [6, 6.07) is 4.48.